The molecule has 2 aromatic carbocycles. The van der Waals surface area contributed by atoms with Gasteiger partial charge in [-0.05, 0) is 29.8 Å². The Labute approximate surface area is 167 Å². The Bertz CT molecular complexity index is 1280. The van der Waals surface area contributed by atoms with Crippen LogP contribution in [-0.2, 0) is 6.54 Å². The van der Waals surface area contributed by atoms with Crippen LogP contribution in [0, 0.1) is 11.3 Å². The molecule has 7 nitrogen and oxygen atoms in total. The highest BCUT2D eigenvalue weighted by Gasteiger charge is 2.25. The largest absolute Gasteiger partial charge is 0.497 e. The lowest BCUT2D eigenvalue weighted by atomic mass is 10.1. The normalized spacial score (nSPS) is 12.0. The maximum Gasteiger partial charge on any atom is 0.166 e. The molecule has 0 amide bonds. The third kappa shape index (κ3) is 2.78. The SMILES string of the molecule is COc1ccc2c(c1)-c1nnc(/C=C/c3ccccc3)n1Cc1c(C#N)ncn1-2. The Morgan fingerprint density at radius 2 is 1.97 bits per heavy atom. The van der Waals surface area contributed by atoms with Gasteiger partial charge in [-0.15, -0.1) is 10.2 Å². The molecule has 1 aliphatic heterocycles. The summed E-state index contributed by atoms with van der Waals surface area (Å²) in [5.74, 6) is 2.15. The molecule has 0 saturated carbocycles. The summed E-state index contributed by atoms with van der Waals surface area (Å²) < 4.78 is 9.35. The molecule has 29 heavy (non-hydrogen) atoms. The highest BCUT2D eigenvalue weighted by molar-refractivity contribution is 5.74. The molecule has 0 atom stereocenters. The molecule has 0 aliphatic carbocycles. The average Bonchev–Trinajstić information content (AvgIpc) is 3.33. The highest BCUT2D eigenvalue weighted by Crippen LogP contribution is 2.34. The number of nitrogens with zero attached hydrogens (tertiary/aromatic N) is 6. The summed E-state index contributed by atoms with van der Waals surface area (Å²) in [6.45, 7) is 0.441. The van der Waals surface area contributed by atoms with E-state index in [9.17, 15) is 5.26 Å². The number of aromatic nitrogens is 5. The fourth-order valence-corrected chi connectivity index (χ4v) is 3.54. The number of hydrogen-bond acceptors (Lipinski definition) is 5. The lowest BCUT2D eigenvalue weighted by molar-refractivity contribution is 0.415. The number of methoxy groups -OCH3 is 1. The summed E-state index contributed by atoms with van der Waals surface area (Å²) in [5.41, 5.74) is 4.03. The Morgan fingerprint density at radius 3 is 2.76 bits per heavy atom. The number of ether oxygens (including phenoxy) is 1. The van der Waals surface area contributed by atoms with Gasteiger partial charge >= 0.3 is 0 Å². The molecule has 4 aromatic rings. The zero-order valence-corrected chi connectivity index (χ0v) is 15.6. The van der Waals surface area contributed by atoms with Crippen molar-refractivity contribution in [1.82, 2.24) is 24.3 Å². The van der Waals surface area contributed by atoms with Gasteiger partial charge in [0.25, 0.3) is 0 Å². The second-order valence-electron chi connectivity index (χ2n) is 6.62. The van der Waals surface area contributed by atoms with Crippen molar-refractivity contribution in [2.24, 2.45) is 0 Å². The van der Waals surface area contributed by atoms with Crippen molar-refractivity contribution >= 4 is 12.2 Å². The van der Waals surface area contributed by atoms with Crippen LogP contribution in [0.25, 0.3) is 29.2 Å². The molecule has 0 fully saturated rings. The molecule has 140 valence electrons. The quantitative estimate of drug-likeness (QED) is 0.478. The van der Waals surface area contributed by atoms with Crippen LogP contribution in [0.5, 0.6) is 5.75 Å². The van der Waals surface area contributed by atoms with Crippen molar-refractivity contribution < 1.29 is 4.74 Å². The molecule has 1 aliphatic rings. The van der Waals surface area contributed by atoms with Crippen LogP contribution < -0.4 is 4.74 Å². The first-order valence-electron chi connectivity index (χ1n) is 9.10. The molecule has 0 unspecified atom stereocenters. The summed E-state index contributed by atoms with van der Waals surface area (Å²) in [6, 6.07) is 18.0. The Morgan fingerprint density at radius 1 is 1.10 bits per heavy atom. The molecule has 3 heterocycles. The van der Waals surface area contributed by atoms with Crippen molar-refractivity contribution in [3.63, 3.8) is 0 Å². The van der Waals surface area contributed by atoms with Gasteiger partial charge in [-0.25, -0.2) is 4.98 Å². The fourth-order valence-electron chi connectivity index (χ4n) is 3.54. The van der Waals surface area contributed by atoms with Gasteiger partial charge in [0.2, 0.25) is 0 Å². The average molecular weight is 380 g/mol. The van der Waals surface area contributed by atoms with Crippen LogP contribution in [0.4, 0.5) is 0 Å². The van der Waals surface area contributed by atoms with Crippen molar-refractivity contribution in [2.75, 3.05) is 7.11 Å². The van der Waals surface area contributed by atoms with Crippen molar-refractivity contribution in [3.8, 4) is 28.9 Å². The smallest absolute Gasteiger partial charge is 0.166 e. The molecule has 7 heteroatoms. The van der Waals surface area contributed by atoms with Gasteiger partial charge in [0.1, 0.15) is 18.1 Å². The van der Waals surface area contributed by atoms with Crippen molar-refractivity contribution in [2.45, 2.75) is 6.54 Å². The van der Waals surface area contributed by atoms with E-state index in [2.05, 4.69) is 21.3 Å². The topological polar surface area (TPSA) is 81.6 Å². The fraction of sp³-hybridized carbons (Fsp3) is 0.0909. The van der Waals surface area contributed by atoms with Gasteiger partial charge in [0, 0.05) is 5.56 Å². The Hall–Kier alpha value is -4.18. The first-order valence-corrected chi connectivity index (χ1v) is 9.10. The van der Waals surface area contributed by atoms with Crippen LogP contribution in [0.1, 0.15) is 22.8 Å². The van der Waals surface area contributed by atoms with Crippen LogP contribution in [0.3, 0.4) is 0 Å². The highest BCUT2D eigenvalue weighted by atomic mass is 16.5. The molecule has 2 aromatic heterocycles. The van der Waals surface area contributed by atoms with E-state index in [4.69, 9.17) is 4.74 Å². The van der Waals surface area contributed by atoms with Crippen LogP contribution in [0.15, 0.2) is 54.9 Å². The third-order valence-corrected chi connectivity index (χ3v) is 4.99. The van der Waals surface area contributed by atoms with Gasteiger partial charge in [-0.3, -0.25) is 4.57 Å². The van der Waals surface area contributed by atoms with Gasteiger partial charge < -0.3 is 9.30 Å². The third-order valence-electron chi connectivity index (χ3n) is 4.99. The Kier molecular flexibility index (Phi) is 3.96. The lowest BCUT2D eigenvalue weighted by Gasteiger charge is -2.09. The van der Waals surface area contributed by atoms with E-state index < -0.39 is 0 Å². The predicted molar refractivity (Wildman–Crippen MR) is 108 cm³/mol. The van der Waals surface area contributed by atoms with E-state index in [-0.39, 0.29) is 0 Å². The maximum atomic E-state index is 9.52. The van der Waals surface area contributed by atoms with E-state index >= 15 is 0 Å². The van der Waals surface area contributed by atoms with E-state index in [1.165, 1.54) is 0 Å². The first-order chi connectivity index (χ1) is 14.3. The summed E-state index contributed by atoms with van der Waals surface area (Å²) >= 11 is 0. The Balaban J connectivity index is 1.70. The molecule has 0 saturated heterocycles. The monoisotopic (exact) mass is 380 g/mol. The number of fused-ring (bicyclic) bond motifs is 5. The second-order valence-corrected chi connectivity index (χ2v) is 6.62. The van der Waals surface area contributed by atoms with Crippen LogP contribution in [0.2, 0.25) is 0 Å². The second kappa shape index (κ2) is 6.77. The van der Waals surface area contributed by atoms with Gasteiger partial charge in [-0.2, -0.15) is 5.26 Å². The van der Waals surface area contributed by atoms with Crippen molar-refractivity contribution in [1.29, 1.82) is 5.26 Å². The molecular weight excluding hydrogens is 364 g/mol. The minimum atomic E-state index is 0.395. The minimum absolute atomic E-state index is 0.395. The summed E-state index contributed by atoms with van der Waals surface area (Å²) in [4.78, 5) is 4.28. The molecule has 0 spiro atoms. The van der Waals surface area contributed by atoms with Gasteiger partial charge in [-0.1, -0.05) is 36.4 Å². The molecule has 5 rings (SSSR count). The molecular formula is C22H16N6O. The predicted octanol–water partition coefficient (Wildman–Crippen LogP) is 3.54. The summed E-state index contributed by atoms with van der Waals surface area (Å²) in [6.07, 6.45) is 5.61. The van der Waals surface area contributed by atoms with Gasteiger partial charge in [0.05, 0.1) is 25.0 Å². The summed E-state index contributed by atoms with van der Waals surface area (Å²) in [5, 5.41) is 18.4. The van der Waals surface area contributed by atoms with E-state index in [1.54, 1.807) is 13.4 Å². The van der Waals surface area contributed by atoms with E-state index in [0.717, 1.165) is 34.1 Å². The first kappa shape index (κ1) is 17.0. The van der Waals surface area contributed by atoms with E-state index in [0.29, 0.717) is 18.1 Å². The standard InChI is InChI=1S/C22H16N6O/c1-29-16-8-9-19-17(11-16)22-26-25-21(10-7-15-5-3-2-4-6-15)27(22)13-20-18(12-23)24-14-28(19)20/h2-11,14H,13H2,1H3/b10-7+. The summed E-state index contributed by atoms with van der Waals surface area (Å²) in [7, 11) is 1.63. The van der Waals surface area contributed by atoms with Crippen LogP contribution >= 0.6 is 0 Å². The number of imidazole rings is 1. The molecule has 0 radical (unpaired) electrons. The van der Waals surface area contributed by atoms with Gasteiger partial charge in [0.15, 0.2) is 17.3 Å². The lowest BCUT2D eigenvalue weighted by Crippen LogP contribution is -2.06. The number of nitriles is 1. The number of rotatable bonds is 3. The van der Waals surface area contributed by atoms with E-state index in [1.807, 2.05) is 69.8 Å². The maximum absolute atomic E-state index is 9.52. The van der Waals surface area contributed by atoms with Crippen molar-refractivity contribution in [3.05, 3.63) is 77.6 Å². The zero-order valence-electron chi connectivity index (χ0n) is 15.6. The molecule has 0 N–H and O–H groups in total. The minimum Gasteiger partial charge on any atom is -0.497 e. The number of hydrogen-bond donors (Lipinski definition) is 0. The van der Waals surface area contributed by atoms with Crippen LogP contribution in [-0.4, -0.2) is 31.4 Å². The zero-order chi connectivity index (χ0) is 19.8. The molecule has 0 bridgehead atoms. The number of benzene rings is 2.